The Morgan fingerprint density at radius 1 is 0.969 bits per heavy atom. The van der Waals surface area contributed by atoms with Crippen LogP contribution in [-0.4, -0.2) is 48.9 Å². The lowest BCUT2D eigenvalue weighted by molar-refractivity contribution is -0.125. The fourth-order valence-corrected chi connectivity index (χ4v) is 4.00. The van der Waals surface area contributed by atoms with Crippen LogP contribution < -0.4 is 15.4 Å². The van der Waals surface area contributed by atoms with Gasteiger partial charge in [-0.05, 0) is 55.7 Å². The molecule has 7 heteroatoms. The van der Waals surface area contributed by atoms with E-state index >= 15 is 0 Å². The molecule has 0 aromatic heterocycles. The van der Waals surface area contributed by atoms with Crippen molar-refractivity contribution in [1.82, 2.24) is 10.2 Å². The summed E-state index contributed by atoms with van der Waals surface area (Å²) in [5.74, 6) is -0.120. The Bertz CT molecular complexity index is 936. The van der Waals surface area contributed by atoms with Gasteiger partial charge in [0, 0.05) is 17.3 Å². The zero-order valence-electron chi connectivity index (χ0n) is 18.7. The SMILES string of the molecule is COc1ccc(NC(=O)CNC(=O)CN(C(=O)c2ccccc2C)C2CCCCC2)cc1. The molecule has 1 fully saturated rings. The number of anilines is 1. The topological polar surface area (TPSA) is 87.7 Å². The molecule has 2 aromatic carbocycles. The van der Waals surface area contributed by atoms with Gasteiger partial charge in [0.15, 0.2) is 0 Å². The average molecular weight is 438 g/mol. The van der Waals surface area contributed by atoms with Crippen LogP contribution in [0.15, 0.2) is 48.5 Å². The van der Waals surface area contributed by atoms with E-state index in [1.165, 1.54) is 0 Å². The van der Waals surface area contributed by atoms with E-state index in [-0.39, 0.29) is 36.9 Å². The van der Waals surface area contributed by atoms with Gasteiger partial charge in [-0.1, -0.05) is 37.5 Å². The number of nitrogens with zero attached hydrogens (tertiary/aromatic N) is 1. The van der Waals surface area contributed by atoms with E-state index in [9.17, 15) is 14.4 Å². The molecule has 2 N–H and O–H groups in total. The maximum absolute atomic E-state index is 13.3. The third-order valence-corrected chi connectivity index (χ3v) is 5.79. The van der Waals surface area contributed by atoms with Crippen LogP contribution in [0.4, 0.5) is 5.69 Å². The Kier molecular flexibility index (Phi) is 8.25. The lowest BCUT2D eigenvalue weighted by Crippen LogP contribution is -2.48. The number of methoxy groups -OCH3 is 1. The number of nitrogens with one attached hydrogen (secondary N) is 2. The van der Waals surface area contributed by atoms with Crippen molar-refractivity contribution in [2.75, 3.05) is 25.5 Å². The molecule has 0 spiro atoms. The highest BCUT2D eigenvalue weighted by Gasteiger charge is 2.28. The summed E-state index contributed by atoms with van der Waals surface area (Å²) in [4.78, 5) is 39.8. The minimum Gasteiger partial charge on any atom is -0.497 e. The van der Waals surface area contributed by atoms with Gasteiger partial charge in [0.2, 0.25) is 11.8 Å². The summed E-state index contributed by atoms with van der Waals surface area (Å²) >= 11 is 0. The average Bonchev–Trinajstić information content (AvgIpc) is 2.82. The van der Waals surface area contributed by atoms with Crippen molar-refractivity contribution in [1.29, 1.82) is 0 Å². The third kappa shape index (κ3) is 6.33. The molecule has 0 atom stereocenters. The lowest BCUT2D eigenvalue weighted by Gasteiger charge is -2.34. The maximum Gasteiger partial charge on any atom is 0.254 e. The van der Waals surface area contributed by atoms with Crippen LogP contribution in [0.2, 0.25) is 0 Å². The van der Waals surface area contributed by atoms with Gasteiger partial charge in [0.1, 0.15) is 12.3 Å². The van der Waals surface area contributed by atoms with Crippen LogP contribution in [0.1, 0.15) is 48.0 Å². The molecule has 0 heterocycles. The van der Waals surface area contributed by atoms with E-state index in [2.05, 4.69) is 10.6 Å². The molecule has 32 heavy (non-hydrogen) atoms. The van der Waals surface area contributed by atoms with Crippen molar-refractivity contribution in [3.8, 4) is 5.75 Å². The van der Waals surface area contributed by atoms with Gasteiger partial charge in [-0.15, -0.1) is 0 Å². The van der Waals surface area contributed by atoms with E-state index in [1.54, 1.807) is 42.3 Å². The predicted molar refractivity (Wildman–Crippen MR) is 124 cm³/mol. The molecule has 1 aliphatic rings. The van der Waals surface area contributed by atoms with E-state index < -0.39 is 0 Å². The van der Waals surface area contributed by atoms with Crippen molar-refractivity contribution in [3.63, 3.8) is 0 Å². The van der Waals surface area contributed by atoms with Gasteiger partial charge in [-0.2, -0.15) is 0 Å². The van der Waals surface area contributed by atoms with Crippen LogP contribution in [0.5, 0.6) is 5.75 Å². The van der Waals surface area contributed by atoms with E-state index in [0.29, 0.717) is 17.0 Å². The van der Waals surface area contributed by atoms with Crippen molar-refractivity contribution in [3.05, 3.63) is 59.7 Å². The molecule has 3 rings (SSSR count). The maximum atomic E-state index is 13.3. The number of carbonyl (C=O) groups is 3. The smallest absolute Gasteiger partial charge is 0.254 e. The van der Waals surface area contributed by atoms with Gasteiger partial charge in [-0.25, -0.2) is 0 Å². The number of hydrogen-bond donors (Lipinski definition) is 2. The highest BCUT2D eigenvalue weighted by Crippen LogP contribution is 2.24. The lowest BCUT2D eigenvalue weighted by atomic mass is 9.93. The van der Waals surface area contributed by atoms with E-state index in [1.807, 2.05) is 25.1 Å². The van der Waals surface area contributed by atoms with Gasteiger partial charge < -0.3 is 20.3 Å². The molecule has 0 unspecified atom stereocenters. The number of hydrogen-bond acceptors (Lipinski definition) is 4. The predicted octanol–water partition coefficient (Wildman–Crippen LogP) is 3.53. The van der Waals surface area contributed by atoms with Crippen molar-refractivity contribution in [2.45, 2.75) is 45.1 Å². The molecular weight excluding hydrogens is 406 g/mol. The molecule has 7 nitrogen and oxygen atoms in total. The standard InChI is InChI=1S/C25H31N3O4/c1-18-8-6-7-11-22(18)25(31)28(20-9-4-3-5-10-20)17-24(30)26-16-23(29)27-19-12-14-21(32-2)15-13-19/h6-8,11-15,20H,3-5,9-10,16-17H2,1-2H3,(H,26,30)(H,27,29). The second kappa shape index (κ2) is 11.3. The number of benzene rings is 2. The highest BCUT2D eigenvalue weighted by atomic mass is 16.5. The quantitative estimate of drug-likeness (QED) is 0.661. The van der Waals surface area contributed by atoms with Crippen LogP contribution >= 0.6 is 0 Å². The molecule has 1 saturated carbocycles. The molecule has 0 bridgehead atoms. The van der Waals surface area contributed by atoms with E-state index in [0.717, 1.165) is 37.7 Å². The number of rotatable bonds is 8. The first-order chi connectivity index (χ1) is 15.5. The zero-order chi connectivity index (χ0) is 22.9. The molecule has 0 saturated heterocycles. The molecule has 170 valence electrons. The molecule has 2 aromatic rings. The summed E-state index contributed by atoms with van der Waals surface area (Å²) in [6.45, 7) is 1.67. The van der Waals surface area contributed by atoms with Gasteiger partial charge in [0.25, 0.3) is 5.91 Å². The Hall–Kier alpha value is -3.35. The number of carbonyl (C=O) groups excluding carboxylic acids is 3. The largest absolute Gasteiger partial charge is 0.497 e. The normalized spacial score (nSPS) is 13.8. The van der Waals surface area contributed by atoms with Crippen molar-refractivity contribution in [2.24, 2.45) is 0 Å². The summed E-state index contributed by atoms with van der Waals surface area (Å²) in [6, 6.07) is 14.4. The van der Waals surface area contributed by atoms with E-state index in [4.69, 9.17) is 4.74 Å². The number of ether oxygens (including phenoxy) is 1. The van der Waals surface area contributed by atoms with Gasteiger partial charge >= 0.3 is 0 Å². The van der Waals surface area contributed by atoms with Crippen LogP contribution in [0.25, 0.3) is 0 Å². The zero-order valence-corrected chi connectivity index (χ0v) is 18.7. The van der Waals surface area contributed by atoms with Crippen LogP contribution in [0.3, 0.4) is 0 Å². The highest BCUT2D eigenvalue weighted by molar-refractivity contribution is 5.99. The molecule has 0 aliphatic heterocycles. The summed E-state index contributed by atoms with van der Waals surface area (Å²) in [5, 5.41) is 5.38. The summed E-state index contributed by atoms with van der Waals surface area (Å²) in [5.41, 5.74) is 2.12. The molecule has 0 radical (unpaired) electrons. The monoisotopic (exact) mass is 437 g/mol. The summed E-state index contributed by atoms with van der Waals surface area (Å²) in [6.07, 6.45) is 5.04. The second-order valence-electron chi connectivity index (χ2n) is 8.09. The molecule has 3 amide bonds. The third-order valence-electron chi connectivity index (χ3n) is 5.79. The minimum absolute atomic E-state index is 0.0368. The Labute approximate surface area is 189 Å². The first-order valence-electron chi connectivity index (χ1n) is 11.0. The Morgan fingerprint density at radius 2 is 1.66 bits per heavy atom. The number of aryl methyl sites for hydroxylation is 1. The van der Waals surface area contributed by atoms with Gasteiger partial charge in [0.05, 0.1) is 13.7 Å². The summed E-state index contributed by atoms with van der Waals surface area (Å²) in [7, 11) is 1.57. The molecule has 1 aliphatic carbocycles. The minimum atomic E-state index is -0.345. The van der Waals surface area contributed by atoms with Gasteiger partial charge in [-0.3, -0.25) is 14.4 Å². The Morgan fingerprint density at radius 3 is 2.31 bits per heavy atom. The summed E-state index contributed by atoms with van der Waals surface area (Å²) < 4.78 is 5.10. The second-order valence-corrected chi connectivity index (χ2v) is 8.09. The Balaban J connectivity index is 1.59. The fourth-order valence-electron chi connectivity index (χ4n) is 4.00. The first-order valence-corrected chi connectivity index (χ1v) is 11.0. The van der Waals surface area contributed by atoms with Crippen molar-refractivity contribution < 1.29 is 19.1 Å². The molecular formula is C25H31N3O4. The number of amides is 3. The van der Waals surface area contributed by atoms with Crippen LogP contribution in [-0.2, 0) is 9.59 Å². The fraction of sp³-hybridized carbons (Fsp3) is 0.400. The van der Waals surface area contributed by atoms with Crippen LogP contribution in [0, 0.1) is 6.92 Å². The van der Waals surface area contributed by atoms with Crippen molar-refractivity contribution >= 4 is 23.4 Å². The first kappa shape index (κ1) is 23.3.